The van der Waals surface area contributed by atoms with Crippen LogP contribution in [0.3, 0.4) is 0 Å². The average molecular weight is 314 g/mol. The number of nitrogens with zero attached hydrogens (tertiary/aromatic N) is 1. The van der Waals surface area contributed by atoms with E-state index in [0.717, 1.165) is 6.07 Å². The Balaban J connectivity index is 2.85. The van der Waals surface area contributed by atoms with Crippen LogP contribution in [-0.2, 0) is 0 Å². The maximum Gasteiger partial charge on any atom is 0.270 e. The molecule has 0 saturated carbocycles. The minimum Gasteiger partial charge on any atom is -0.369 e. The number of aliphatic hydroxyl groups is 1. The first-order chi connectivity index (χ1) is 8.21. The minimum atomic E-state index is -2.09. The summed E-state index contributed by atoms with van der Waals surface area (Å²) in [6.45, 7) is 0. The van der Waals surface area contributed by atoms with E-state index in [1.807, 2.05) is 5.32 Å². The zero-order chi connectivity index (χ0) is 13.9. The molecule has 1 aromatic rings. The SMILES string of the molecule is O=C(NC(O)C(Cl)(Cl)Cl)c1cccc([N+](=O)[O-])c1. The molecule has 1 rings (SSSR count). The molecule has 0 fully saturated rings. The average Bonchev–Trinajstić information content (AvgIpc) is 2.27. The lowest BCUT2D eigenvalue weighted by atomic mass is 10.2. The number of carbonyl (C=O) groups excluding carboxylic acids is 1. The van der Waals surface area contributed by atoms with E-state index >= 15 is 0 Å². The van der Waals surface area contributed by atoms with Gasteiger partial charge in [-0.05, 0) is 6.07 Å². The highest BCUT2D eigenvalue weighted by molar-refractivity contribution is 6.68. The van der Waals surface area contributed by atoms with Crippen LogP contribution in [0.25, 0.3) is 0 Å². The maximum atomic E-state index is 11.6. The van der Waals surface area contributed by atoms with Gasteiger partial charge in [0.15, 0.2) is 6.23 Å². The van der Waals surface area contributed by atoms with Crippen molar-refractivity contribution in [3.63, 3.8) is 0 Å². The van der Waals surface area contributed by atoms with Crippen molar-refractivity contribution >= 4 is 46.4 Å². The molecule has 0 aliphatic carbocycles. The van der Waals surface area contributed by atoms with Gasteiger partial charge in [0.05, 0.1) is 4.92 Å². The fourth-order valence-electron chi connectivity index (χ4n) is 1.05. The standard InChI is InChI=1S/C9H7Cl3N2O4/c10-9(11,12)8(16)13-7(15)5-2-1-3-6(4-5)14(17)18/h1-4,8,16H,(H,13,15). The van der Waals surface area contributed by atoms with E-state index in [2.05, 4.69) is 0 Å². The van der Waals surface area contributed by atoms with E-state index in [1.54, 1.807) is 0 Å². The zero-order valence-electron chi connectivity index (χ0n) is 8.64. The van der Waals surface area contributed by atoms with Crippen LogP contribution in [-0.4, -0.2) is 26.0 Å². The van der Waals surface area contributed by atoms with Crippen LogP contribution in [0.1, 0.15) is 10.4 Å². The Bertz CT molecular complexity index is 475. The summed E-state index contributed by atoms with van der Waals surface area (Å²) in [4.78, 5) is 21.5. The second kappa shape index (κ2) is 5.71. The summed E-state index contributed by atoms with van der Waals surface area (Å²) in [6.07, 6.45) is -1.73. The van der Waals surface area contributed by atoms with E-state index in [9.17, 15) is 20.0 Å². The highest BCUT2D eigenvalue weighted by Crippen LogP contribution is 2.29. The third kappa shape index (κ3) is 3.99. The molecular weight excluding hydrogens is 306 g/mol. The topological polar surface area (TPSA) is 92.5 Å². The molecule has 0 aliphatic heterocycles. The summed E-state index contributed by atoms with van der Waals surface area (Å²) in [5, 5.41) is 21.9. The van der Waals surface area contributed by atoms with Gasteiger partial charge in [0.2, 0.25) is 3.79 Å². The number of hydrogen-bond donors (Lipinski definition) is 2. The molecule has 1 aromatic carbocycles. The number of aliphatic hydroxyl groups excluding tert-OH is 1. The van der Waals surface area contributed by atoms with Crippen LogP contribution in [0, 0.1) is 10.1 Å². The van der Waals surface area contributed by atoms with Gasteiger partial charge in [0.1, 0.15) is 0 Å². The normalized spacial score (nSPS) is 12.9. The first-order valence-electron chi connectivity index (χ1n) is 4.52. The molecule has 0 saturated heterocycles. The molecule has 0 bridgehead atoms. The van der Waals surface area contributed by atoms with Gasteiger partial charge in [0.25, 0.3) is 11.6 Å². The second-order valence-electron chi connectivity index (χ2n) is 3.23. The Kier molecular flexibility index (Phi) is 4.75. The van der Waals surface area contributed by atoms with Crippen molar-refractivity contribution in [3.05, 3.63) is 39.9 Å². The van der Waals surface area contributed by atoms with Crippen molar-refractivity contribution in [2.45, 2.75) is 10.0 Å². The molecule has 1 amide bonds. The Morgan fingerprint density at radius 3 is 2.56 bits per heavy atom. The molecule has 1 atom stereocenters. The van der Waals surface area contributed by atoms with Gasteiger partial charge in [-0.3, -0.25) is 14.9 Å². The minimum absolute atomic E-state index is 0.0301. The highest BCUT2D eigenvalue weighted by atomic mass is 35.6. The van der Waals surface area contributed by atoms with Crippen molar-refractivity contribution in [1.82, 2.24) is 5.32 Å². The lowest BCUT2D eigenvalue weighted by Gasteiger charge is -2.19. The molecular formula is C9H7Cl3N2O4. The first-order valence-corrected chi connectivity index (χ1v) is 5.65. The maximum absolute atomic E-state index is 11.6. The predicted octanol–water partition coefficient (Wildman–Crippen LogP) is 2.01. The number of halogens is 3. The van der Waals surface area contributed by atoms with Gasteiger partial charge in [-0.1, -0.05) is 40.9 Å². The number of nitrogens with one attached hydrogen (secondary N) is 1. The van der Waals surface area contributed by atoms with Crippen LogP contribution < -0.4 is 5.32 Å². The summed E-state index contributed by atoms with van der Waals surface area (Å²) in [5.74, 6) is -0.794. The molecule has 1 unspecified atom stereocenters. The molecule has 6 nitrogen and oxygen atoms in total. The molecule has 0 aromatic heterocycles. The first kappa shape index (κ1) is 15.0. The molecule has 0 aliphatic rings. The molecule has 0 radical (unpaired) electrons. The number of carbonyl (C=O) groups is 1. The molecule has 0 spiro atoms. The predicted molar refractivity (Wildman–Crippen MR) is 66.9 cm³/mol. The molecule has 0 heterocycles. The van der Waals surface area contributed by atoms with Crippen molar-refractivity contribution in [1.29, 1.82) is 0 Å². The Morgan fingerprint density at radius 2 is 2.06 bits per heavy atom. The Labute approximate surface area is 117 Å². The van der Waals surface area contributed by atoms with E-state index in [1.165, 1.54) is 18.2 Å². The third-order valence-electron chi connectivity index (χ3n) is 1.90. The van der Waals surface area contributed by atoms with Crippen LogP contribution >= 0.6 is 34.8 Å². The lowest BCUT2D eigenvalue weighted by Crippen LogP contribution is -2.43. The highest BCUT2D eigenvalue weighted by Gasteiger charge is 2.32. The van der Waals surface area contributed by atoms with Gasteiger partial charge in [-0.25, -0.2) is 0 Å². The van der Waals surface area contributed by atoms with Crippen molar-refractivity contribution in [2.75, 3.05) is 0 Å². The van der Waals surface area contributed by atoms with Gasteiger partial charge in [-0.15, -0.1) is 0 Å². The fraction of sp³-hybridized carbons (Fsp3) is 0.222. The summed E-state index contributed by atoms with van der Waals surface area (Å²) in [7, 11) is 0. The van der Waals surface area contributed by atoms with Crippen molar-refractivity contribution < 1.29 is 14.8 Å². The number of alkyl halides is 3. The van der Waals surface area contributed by atoms with E-state index in [4.69, 9.17) is 34.8 Å². The monoisotopic (exact) mass is 312 g/mol. The van der Waals surface area contributed by atoms with Crippen molar-refractivity contribution in [3.8, 4) is 0 Å². The third-order valence-corrected chi connectivity index (χ3v) is 2.52. The van der Waals surface area contributed by atoms with Gasteiger partial charge >= 0.3 is 0 Å². The number of benzene rings is 1. The fourth-order valence-corrected chi connectivity index (χ4v) is 1.21. The Morgan fingerprint density at radius 1 is 1.44 bits per heavy atom. The number of nitro groups is 1. The van der Waals surface area contributed by atoms with Crippen LogP contribution in [0.2, 0.25) is 0 Å². The summed E-state index contributed by atoms with van der Waals surface area (Å²) >= 11 is 16.1. The smallest absolute Gasteiger partial charge is 0.270 e. The van der Waals surface area contributed by atoms with Crippen LogP contribution in [0.15, 0.2) is 24.3 Å². The summed E-state index contributed by atoms with van der Waals surface area (Å²) in [5.41, 5.74) is -0.288. The van der Waals surface area contributed by atoms with Gasteiger partial charge in [-0.2, -0.15) is 0 Å². The lowest BCUT2D eigenvalue weighted by molar-refractivity contribution is -0.384. The molecule has 9 heteroatoms. The Hall–Kier alpha value is -1.08. The van der Waals surface area contributed by atoms with Crippen LogP contribution in [0.5, 0.6) is 0 Å². The van der Waals surface area contributed by atoms with Crippen molar-refractivity contribution in [2.24, 2.45) is 0 Å². The molecule has 98 valence electrons. The number of nitro benzene ring substituents is 1. The number of amides is 1. The number of hydrogen-bond acceptors (Lipinski definition) is 4. The van der Waals surface area contributed by atoms with E-state index < -0.39 is 20.9 Å². The number of non-ortho nitro benzene ring substituents is 1. The molecule has 18 heavy (non-hydrogen) atoms. The van der Waals surface area contributed by atoms with Gasteiger partial charge < -0.3 is 10.4 Å². The van der Waals surface area contributed by atoms with E-state index in [-0.39, 0.29) is 11.3 Å². The summed E-state index contributed by atoms with van der Waals surface area (Å²) < 4.78 is -2.09. The molecule has 2 N–H and O–H groups in total. The quantitative estimate of drug-likeness (QED) is 0.386. The number of rotatable bonds is 3. The van der Waals surface area contributed by atoms with Gasteiger partial charge in [0, 0.05) is 17.7 Å². The second-order valence-corrected chi connectivity index (χ2v) is 5.59. The largest absolute Gasteiger partial charge is 0.369 e. The summed E-state index contributed by atoms with van der Waals surface area (Å²) in [6, 6.07) is 4.92. The van der Waals surface area contributed by atoms with Crippen LogP contribution in [0.4, 0.5) is 5.69 Å². The zero-order valence-corrected chi connectivity index (χ0v) is 10.9. The van der Waals surface area contributed by atoms with E-state index in [0.29, 0.717) is 0 Å².